The molecule has 0 aromatic carbocycles. The zero-order valence-corrected chi connectivity index (χ0v) is 10.3. The Bertz CT molecular complexity index is 181. The number of rotatable bonds is 6. The molecule has 1 atom stereocenters. The average molecular weight is 216 g/mol. The fourth-order valence-electron chi connectivity index (χ4n) is 0.957. The molecule has 90 valence electrons. The molecule has 0 radical (unpaired) electrons. The maximum absolute atomic E-state index is 10.7. The van der Waals surface area contributed by atoms with E-state index in [0.29, 0.717) is 13.0 Å². The maximum Gasteiger partial charge on any atom is 0.216 e. The Morgan fingerprint density at radius 2 is 1.73 bits per heavy atom. The van der Waals surface area contributed by atoms with E-state index in [4.69, 9.17) is 5.73 Å². The van der Waals surface area contributed by atoms with Crippen LogP contribution in [0.1, 0.15) is 47.0 Å². The van der Waals surface area contributed by atoms with Crippen molar-refractivity contribution in [1.82, 2.24) is 5.32 Å². The van der Waals surface area contributed by atoms with Crippen LogP contribution in [0.15, 0.2) is 0 Å². The van der Waals surface area contributed by atoms with E-state index in [1.54, 1.807) is 0 Å². The molecule has 0 saturated carbocycles. The summed E-state index contributed by atoms with van der Waals surface area (Å²) < 4.78 is 0. The first-order valence-corrected chi connectivity index (χ1v) is 5.54. The highest BCUT2D eigenvalue weighted by Crippen LogP contribution is 1.98. The van der Waals surface area contributed by atoms with E-state index in [-0.39, 0.29) is 17.7 Å². The van der Waals surface area contributed by atoms with Crippen molar-refractivity contribution in [1.29, 1.82) is 0 Å². The van der Waals surface area contributed by atoms with Gasteiger partial charge in [0.25, 0.3) is 0 Å². The third kappa shape index (κ3) is 13.1. The van der Waals surface area contributed by atoms with E-state index in [1.165, 1.54) is 13.8 Å². The van der Waals surface area contributed by atoms with E-state index in [9.17, 15) is 9.59 Å². The van der Waals surface area contributed by atoms with Crippen molar-refractivity contribution in [3.8, 4) is 0 Å². The molecule has 0 fully saturated rings. The van der Waals surface area contributed by atoms with E-state index in [2.05, 4.69) is 5.32 Å². The fourth-order valence-corrected chi connectivity index (χ4v) is 0.957. The second-order valence-corrected chi connectivity index (χ2v) is 3.20. The standard InChI is InChI=1S/C9H18N2O2.C2H6/c1-7(12)9(10)5-3-4-6-11-8(2)13;1-2/h9H,3-6,10H2,1-2H3,(H,11,13);1-2H3. The largest absolute Gasteiger partial charge is 0.356 e. The Hall–Kier alpha value is -0.900. The van der Waals surface area contributed by atoms with Crippen molar-refractivity contribution in [3.05, 3.63) is 0 Å². The van der Waals surface area contributed by atoms with Crippen molar-refractivity contribution >= 4 is 11.7 Å². The summed E-state index contributed by atoms with van der Waals surface area (Å²) >= 11 is 0. The second kappa shape index (κ2) is 11.2. The minimum Gasteiger partial charge on any atom is -0.356 e. The fraction of sp³-hybridized carbons (Fsp3) is 0.818. The zero-order valence-electron chi connectivity index (χ0n) is 10.3. The molecule has 0 heterocycles. The van der Waals surface area contributed by atoms with E-state index in [0.717, 1.165) is 12.8 Å². The summed E-state index contributed by atoms with van der Waals surface area (Å²) in [5.41, 5.74) is 5.52. The van der Waals surface area contributed by atoms with Crippen LogP contribution in [0.4, 0.5) is 0 Å². The van der Waals surface area contributed by atoms with Crippen molar-refractivity contribution in [2.75, 3.05) is 6.54 Å². The number of carbonyl (C=O) groups is 2. The first-order chi connectivity index (χ1) is 7.04. The minimum atomic E-state index is -0.336. The van der Waals surface area contributed by atoms with Crippen LogP contribution in [-0.4, -0.2) is 24.3 Å². The van der Waals surface area contributed by atoms with Crippen LogP contribution >= 0.6 is 0 Å². The van der Waals surface area contributed by atoms with Crippen LogP contribution < -0.4 is 11.1 Å². The molecule has 0 saturated heterocycles. The van der Waals surface area contributed by atoms with Crippen LogP contribution in [0.25, 0.3) is 0 Å². The molecular formula is C11H24N2O2. The Labute approximate surface area is 92.6 Å². The van der Waals surface area contributed by atoms with Crippen molar-refractivity contribution in [2.24, 2.45) is 5.73 Å². The van der Waals surface area contributed by atoms with Gasteiger partial charge >= 0.3 is 0 Å². The van der Waals surface area contributed by atoms with Crippen LogP contribution in [0, 0.1) is 0 Å². The Morgan fingerprint density at radius 3 is 2.13 bits per heavy atom. The molecule has 0 aliphatic carbocycles. The highest BCUT2D eigenvalue weighted by Gasteiger charge is 2.06. The summed E-state index contributed by atoms with van der Waals surface area (Å²) in [6, 6.07) is -0.336. The topological polar surface area (TPSA) is 72.2 Å². The van der Waals surface area contributed by atoms with E-state index in [1.807, 2.05) is 13.8 Å². The number of unbranched alkanes of at least 4 members (excludes halogenated alkanes) is 1. The first-order valence-electron chi connectivity index (χ1n) is 5.54. The number of Topliss-reactive ketones (excluding diaryl/α,β-unsaturated/α-hetero) is 1. The van der Waals surface area contributed by atoms with Crippen LogP contribution in [0.3, 0.4) is 0 Å². The molecule has 1 unspecified atom stereocenters. The van der Waals surface area contributed by atoms with Crippen LogP contribution in [0.5, 0.6) is 0 Å². The molecule has 15 heavy (non-hydrogen) atoms. The summed E-state index contributed by atoms with van der Waals surface area (Å²) in [7, 11) is 0. The molecule has 3 N–H and O–H groups in total. The predicted octanol–water partition coefficient (Wildman–Crippen LogP) is 1.24. The number of hydrogen-bond acceptors (Lipinski definition) is 3. The number of amides is 1. The smallest absolute Gasteiger partial charge is 0.216 e. The average Bonchev–Trinajstić information content (AvgIpc) is 2.19. The van der Waals surface area contributed by atoms with Gasteiger partial charge in [0.1, 0.15) is 5.78 Å². The van der Waals surface area contributed by atoms with Crippen LogP contribution in [0.2, 0.25) is 0 Å². The summed E-state index contributed by atoms with van der Waals surface area (Å²) in [5.74, 6) is 0.00962. The van der Waals surface area contributed by atoms with Gasteiger partial charge in [-0.1, -0.05) is 13.8 Å². The third-order valence-electron chi connectivity index (χ3n) is 1.84. The Kier molecular flexibility index (Phi) is 12.3. The van der Waals surface area contributed by atoms with Gasteiger partial charge < -0.3 is 11.1 Å². The van der Waals surface area contributed by atoms with Gasteiger partial charge in [0.15, 0.2) is 0 Å². The lowest BCUT2D eigenvalue weighted by Gasteiger charge is -2.06. The SMILES string of the molecule is CC.CC(=O)NCCCCC(N)C(C)=O. The van der Waals surface area contributed by atoms with Gasteiger partial charge in [0, 0.05) is 13.5 Å². The molecule has 1 amide bonds. The van der Waals surface area contributed by atoms with Gasteiger partial charge in [-0.15, -0.1) is 0 Å². The molecule has 0 aliphatic rings. The number of carbonyl (C=O) groups excluding carboxylic acids is 2. The normalized spacial score (nSPS) is 11.0. The number of nitrogens with two attached hydrogens (primary N) is 1. The van der Waals surface area contributed by atoms with Gasteiger partial charge in [-0.25, -0.2) is 0 Å². The van der Waals surface area contributed by atoms with E-state index < -0.39 is 0 Å². The van der Waals surface area contributed by atoms with Crippen molar-refractivity contribution < 1.29 is 9.59 Å². The van der Waals surface area contributed by atoms with Gasteiger partial charge in [-0.2, -0.15) is 0 Å². The summed E-state index contributed by atoms with van der Waals surface area (Å²) in [4.78, 5) is 21.2. The lowest BCUT2D eigenvalue weighted by molar-refractivity contribution is -0.119. The quantitative estimate of drug-likeness (QED) is 0.656. The van der Waals surface area contributed by atoms with Crippen LogP contribution in [-0.2, 0) is 9.59 Å². The highest BCUT2D eigenvalue weighted by molar-refractivity contribution is 5.81. The zero-order chi connectivity index (χ0) is 12.3. The Morgan fingerprint density at radius 1 is 1.20 bits per heavy atom. The van der Waals surface area contributed by atoms with E-state index >= 15 is 0 Å². The molecule has 0 aromatic heterocycles. The molecule has 0 aromatic rings. The number of nitrogens with one attached hydrogen (secondary N) is 1. The van der Waals surface area contributed by atoms with Crippen molar-refractivity contribution in [3.63, 3.8) is 0 Å². The summed E-state index contributed by atoms with van der Waals surface area (Å²) in [6.07, 6.45) is 2.45. The highest BCUT2D eigenvalue weighted by atomic mass is 16.1. The third-order valence-corrected chi connectivity index (χ3v) is 1.84. The monoisotopic (exact) mass is 216 g/mol. The number of ketones is 1. The molecular weight excluding hydrogens is 192 g/mol. The second-order valence-electron chi connectivity index (χ2n) is 3.20. The summed E-state index contributed by atoms with van der Waals surface area (Å²) in [6.45, 7) is 7.65. The molecule has 0 spiro atoms. The molecule has 4 nitrogen and oxygen atoms in total. The molecule has 0 aliphatic heterocycles. The summed E-state index contributed by atoms with van der Waals surface area (Å²) in [5, 5.41) is 2.68. The Balaban J connectivity index is 0. The number of hydrogen-bond donors (Lipinski definition) is 2. The van der Waals surface area contributed by atoms with Gasteiger partial charge in [-0.3, -0.25) is 9.59 Å². The molecule has 0 bridgehead atoms. The lowest BCUT2D eigenvalue weighted by atomic mass is 10.1. The minimum absolute atomic E-state index is 0.0177. The van der Waals surface area contributed by atoms with Gasteiger partial charge in [0.05, 0.1) is 6.04 Å². The lowest BCUT2D eigenvalue weighted by Crippen LogP contribution is -2.28. The van der Waals surface area contributed by atoms with Gasteiger partial charge in [-0.05, 0) is 26.2 Å². The predicted molar refractivity (Wildman–Crippen MR) is 62.5 cm³/mol. The maximum atomic E-state index is 10.7. The molecule has 4 heteroatoms. The van der Waals surface area contributed by atoms with Gasteiger partial charge in [0.2, 0.25) is 5.91 Å². The van der Waals surface area contributed by atoms with Crippen molar-refractivity contribution in [2.45, 2.75) is 53.0 Å². The molecule has 0 rings (SSSR count). The first kappa shape index (κ1) is 16.5.